The summed E-state index contributed by atoms with van der Waals surface area (Å²) in [5.74, 6) is -0.255. The Morgan fingerprint density at radius 1 is 1.10 bits per heavy atom. The van der Waals surface area contributed by atoms with Gasteiger partial charge in [-0.2, -0.15) is 0 Å². The molecule has 0 atom stereocenters. The van der Waals surface area contributed by atoms with Gasteiger partial charge in [0.05, 0.1) is 5.69 Å². The Hall–Kier alpha value is -2.40. The van der Waals surface area contributed by atoms with Crippen LogP contribution < -0.4 is 10.6 Å². The van der Waals surface area contributed by atoms with E-state index in [9.17, 15) is 9.59 Å². The van der Waals surface area contributed by atoms with Crippen LogP contribution in [0.1, 0.15) is 17.3 Å². The summed E-state index contributed by atoms with van der Waals surface area (Å²) in [5, 5.41) is 5.80. The van der Waals surface area contributed by atoms with Crippen LogP contribution in [0.4, 0.5) is 11.5 Å². The van der Waals surface area contributed by atoms with E-state index in [0.717, 1.165) is 0 Å². The fourth-order valence-corrected chi connectivity index (χ4v) is 1.69. The highest BCUT2D eigenvalue weighted by molar-refractivity contribution is 6.30. The number of benzene rings is 1. The fraction of sp³-hybridized carbons (Fsp3) is 0.0714. The van der Waals surface area contributed by atoms with E-state index in [1.54, 1.807) is 36.4 Å². The molecule has 0 aliphatic carbocycles. The Labute approximate surface area is 121 Å². The van der Waals surface area contributed by atoms with Gasteiger partial charge in [-0.3, -0.25) is 9.59 Å². The van der Waals surface area contributed by atoms with Crippen LogP contribution in [-0.2, 0) is 4.79 Å². The van der Waals surface area contributed by atoms with Gasteiger partial charge in [-0.25, -0.2) is 4.98 Å². The fourth-order valence-electron chi connectivity index (χ4n) is 1.57. The van der Waals surface area contributed by atoms with Gasteiger partial charge in [0.15, 0.2) is 5.82 Å². The van der Waals surface area contributed by atoms with Crippen molar-refractivity contribution < 1.29 is 9.59 Å². The lowest BCUT2D eigenvalue weighted by atomic mass is 10.2. The molecule has 0 saturated heterocycles. The lowest BCUT2D eigenvalue weighted by molar-refractivity contribution is -0.114. The Balaban J connectivity index is 2.19. The van der Waals surface area contributed by atoms with Gasteiger partial charge in [0.25, 0.3) is 5.91 Å². The smallest absolute Gasteiger partial charge is 0.255 e. The highest BCUT2D eigenvalue weighted by Crippen LogP contribution is 2.19. The van der Waals surface area contributed by atoms with Crippen molar-refractivity contribution in [1.82, 2.24) is 4.98 Å². The highest BCUT2D eigenvalue weighted by Gasteiger charge is 2.10. The normalized spacial score (nSPS) is 9.90. The topological polar surface area (TPSA) is 71.1 Å². The number of carbonyl (C=O) groups is 2. The van der Waals surface area contributed by atoms with E-state index < -0.39 is 0 Å². The third-order valence-electron chi connectivity index (χ3n) is 2.46. The van der Waals surface area contributed by atoms with Crippen LogP contribution in [0, 0.1) is 0 Å². The van der Waals surface area contributed by atoms with Gasteiger partial charge in [0.1, 0.15) is 0 Å². The zero-order valence-electron chi connectivity index (χ0n) is 10.7. The second kappa shape index (κ2) is 6.16. The Morgan fingerprint density at radius 3 is 2.45 bits per heavy atom. The molecule has 6 heteroatoms. The second-order valence-corrected chi connectivity index (χ2v) is 4.48. The number of hydrogen-bond donors (Lipinski definition) is 2. The number of nitrogens with zero attached hydrogens (tertiary/aromatic N) is 1. The molecule has 0 unspecified atom stereocenters. The molecule has 0 spiro atoms. The molecular formula is C14H12ClN3O2. The zero-order valence-corrected chi connectivity index (χ0v) is 11.4. The number of carbonyl (C=O) groups excluding carboxylic acids is 2. The summed E-state index contributed by atoms with van der Waals surface area (Å²) in [6, 6.07) is 9.83. The third-order valence-corrected chi connectivity index (χ3v) is 2.71. The minimum atomic E-state index is -0.304. The summed E-state index contributed by atoms with van der Waals surface area (Å²) in [5.41, 5.74) is 0.898. The molecule has 0 saturated carbocycles. The molecule has 2 rings (SSSR count). The first-order valence-electron chi connectivity index (χ1n) is 5.86. The maximum Gasteiger partial charge on any atom is 0.255 e. The molecule has 102 valence electrons. The molecule has 1 aromatic carbocycles. The summed E-state index contributed by atoms with van der Waals surface area (Å²) in [6.45, 7) is 1.37. The van der Waals surface area contributed by atoms with Crippen molar-refractivity contribution in [3.05, 3.63) is 53.2 Å². The average Bonchev–Trinajstić information content (AvgIpc) is 2.41. The molecule has 2 amide bonds. The predicted molar refractivity (Wildman–Crippen MR) is 77.9 cm³/mol. The Kier molecular flexibility index (Phi) is 4.32. The molecule has 2 N–H and O–H groups in total. The summed E-state index contributed by atoms with van der Waals surface area (Å²) in [4.78, 5) is 27.2. The van der Waals surface area contributed by atoms with Gasteiger partial charge >= 0.3 is 0 Å². The standard InChI is InChI=1S/C14H12ClN3O2/c1-9(19)17-13-12(3-2-8-16-13)18-14(20)10-4-6-11(15)7-5-10/h2-8H,1H3,(H,18,20)(H,16,17,19). The van der Waals surface area contributed by atoms with E-state index in [1.165, 1.54) is 13.1 Å². The minimum Gasteiger partial charge on any atom is -0.319 e. The van der Waals surface area contributed by atoms with Crippen LogP contribution in [0.25, 0.3) is 0 Å². The van der Waals surface area contributed by atoms with Gasteiger partial charge in [-0.1, -0.05) is 11.6 Å². The number of nitrogens with one attached hydrogen (secondary N) is 2. The average molecular weight is 290 g/mol. The lowest BCUT2D eigenvalue weighted by Crippen LogP contribution is -2.15. The molecule has 0 aliphatic rings. The molecular weight excluding hydrogens is 278 g/mol. The number of halogens is 1. The van der Waals surface area contributed by atoms with Crippen molar-refractivity contribution in [2.24, 2.45) is 0 Å². The van der Waals surface area contributed by atoms with E-state index >= 15 is 0 Å². The first-order valence-corrected chi connectivity index (χ1v) is 6.23. The predicted octanol–water partition coefficient (Wildman–Crippen LogP) is 2.95. The largest absolute Gasteiger partial charge is 0.319 e. The summed E-state index contributed by atoms with van der Waals surface area (Å²) in [7, 11) is 0. The summed E-state index contributed by atoms with van der Waals surface area (Å²) >= 11 is 5.77. The van der Waals surface area contributed by atoms with Crippen LogP contribution >= 0.6 is 11.6 Å². The lowest BCUT2D eigenvalue weighted by Gasteiger charge is -2.10. The molecule has 5 nitrogen and oxygen atoms in total. The van der Waals surface area contributed by atoms with Gasteiger partial charge in [0.2, 0.25) is 5.91 Å². The number of hydrogen-bond acceptors (Lipinski definition) is 3. The molecule has 1 aromatic heterocycles. The number of anilines is 2. The molecule has 0 bridgehead atoms. The van der Waals surface area contributed by atoms with Crippen LogP contribution in [0.15, 0.2) is 42.6 Å². The monoisotopic (exact) mass is 289 g/mol. The van der Waals surface area contributed by atoms with E-state index in [2.05, 4.69) is 15.6 Å². The first kappa shape index (κ1) is 14.0. The van der Waals surface area contributed by atoms with Gasteiger partial charge < -0.3 is 10.6 Å². The first-order chi connectivity index (χ1) is 9.56. The van der Waals surface area contributed by atoms with Crippen LogP contribution in [-0.4, -0.2) is 16.8 Å². The highest BCUT2D eigenvalue weighted by atomic mass is 35.5. The van der Waals surface area contributed by atoms with Crippen molar-refractivity contribution >= 4 is 34.9 Å². The van der Waals surface area contributed by atoms with Crippen molar-refractivity contribution in [3.63, 3.8) is 0 Å². The van der Waals surface area contributed by atoms with Crippen molar-refractivity contribution in [2.45, 2.75) is 6.92 Å². The van der Waals surface area contributed by atoms with E-state index in [-0.39, 0.29) is 11.8 Å². The summed E-state index contributed by atoms with van der Waals surface area (Å²) in [6.07, 6.45) is 1.53. The summed E-state index contributed by atoms with van der Waals surface area (Å²) < 4.78 is 0. The second-order valence-electron chi connectivity index (χ2n) is 4.04. The molecule has 0 aliphatic heterocycles. The van der Waals surface area contributed by atoms with Gasteiger partial charge in [0, 0.05) is 23.7 Å². The van der Waals surface area contributed by atoms with E-state index in [0.29, 0.717) is 22.1 Å². The third kappa shape index (κ3) is 3.55. The number of aromatic nitrogens is 1. The number of rotatable bonds is 3. The Morgan fingerprint density at radius 2 is 1.80 bits per heavy atom. The van der Waals surface area contributed by atoms with Crippen molar-refractivity contribution in [1.29, 1.82) is 0 Å². The molecule has 0 fully saturated rings. The van der Waals surface area contributed by atoms with Crippen LogP contribution in [0.5, 0.6) is 0 Å². The maximum atomic E-state index is 12.1. The van der Waals surface area contributed by atoms with Crippen molar-refractivity contribution in [2.75, 3.05) is 10.6 Å². The molecule has 2 aromatic rings. The van der Waals surface area contributed by atoms with E-state index in [1.807, 2.05) is 0 Å². The minimum absolute atomic E-state index is 0.259. The van der Waals surface area contributed by atoms with Crippen LogP contribution in [0.2, 0.25) is 5.02 Å². The molecule has 20 heavy (non-hydrogen) atoms. The van der Waals surface area contributed by atoms with Crippen LogP contribution in [0.3, 0.4) is 0 Å². The number of amides is 2. The van der Waals surface area contributed by atoms with Crippen molar-refractivity contribution in [3.8, 4) is 0 Å². The van der Waals surface area contributed by atoms with Gasteiger partial charge in [-0.05, 0) is 36.4 Å². The molecule has 0 radical (unpaired) electrons. The SMILES string of the molecule is CC(=O)Nc1ncccc1NC(=O)c1ccc(Cl)cc1. The van der Waals surface area contributed by atoms with Gasteiger partial charge in [-0.15, -0.1) is 0 Å². The zero-order chi connectivity index (χ0) is 14.5. The quantitative estimate of drug-likeness (QED) is 0.912. The van der Waals surface area contributed by atoms with E-state index in [4.69, 9.17) is 11.6 Å². The Bertz CT molecular complexity index is 641. The number of pyridine rings is 1. The molecule has 1 heterocycles. The maximum absolute atomic E-state index is 12.1.